The van der Waals surface area contributed by atoms with E-state index in [0.717, 1.165) is 11.3 Å². The maximum atomic E-state index is 12.5. The Balaban J connectivity index is 0.00000176. The summed E-state index contributed by atoms with van der Waals surface area (Å²) in [6.07, 6.45) is 6.94. The number of carbonyl (C=O) groups excluding carboxylic acids is 2. The van der Waals surface area contributed by atoms with Crippen molar-refractivity contribution in [2.24, 2.45) is 0 Å². The molecule has 3 N–H and O–H groups in total. The minimum atomic E-state index is -0.668. The first-order valence-corrected chi connectivity index (χ1v) is 9.32. The zero-order chi connectivity index (χ0) is 20.2. The van der Waals surface area contributed by atoms with E-state index in [9.17, 15) is 9.59 Å². The van der Waals surface area contributed by atoms with E-state index in [1.807, 2.05) is 45.0 Å². The Labute approximate surface area is 163 Å². The van der Waals surface area contributed by atoms with Crippen LogP contribution in [0.2, 0.25) is 0 Å². The largest absolute Gasteiger partial charge is 0.321 e. The van der Waals surface area contributed by atoms with Crippen LogP contribution in [0, 0.1) is 0 Å². The SMILES string of the molecule is C=C/C=C(\C=C/C)c1cc(C(=O)Nc2ccccc2)sc1C(=O)NO.CC. The molecule has 0 atom stereocenters. The number of anilines is 1. The third-order valence-electron chi connectivity index (χ3n) is 3.25. The molecule has 0 saturated carbocycles. The molecule has 142 valence electrons. The van der Waals surface area contributed by atoms with Crippen molar-refractivity contribution < 1.29 is 14.8 Å². The Bertz CT molecular complexity index is 836. The minimum absolute atomic E-state index is 0.243. The molecule has 0 aliphatic heterocycles. The Hall–Kier alpha value is -2.96. The van der Waals surface area contributed by atoms with E-state index >= 15 is 0 Å². The maximum Gasteiger partial charge on any atom is 0.285 e. The average molecular weight is 385 g/mol. The molecule has 0 saturated heterocycles. The van der Waals surface area contributed by atoms with Gasteiger partial charge in [0, 0.05) is 11.3 Å². The zero-order valence-electron chi connectivity index (χ0n) is 15.7. The Kier molecular flexibility index (Phi) is 9.50. The van der Waals surface area contributed by atoms with Crippen LogP contribution in [0.3, 0.4) is 0 Å². The summed E-state index contributed by atoms with van der Waals surface area (Å²) in [7, 11) is 0. The summed E-state index contributed by atoms with van der Waals surface area (Å²) in [6.45, 7) is 9.51. The first-order valence-electron chi connectivity index (χ1n) is 8.51. The molecule has 0 radical (unpaired) electrons. The van der Waals surface area contributed by atoms with Crippen molar-refractivity contribution in [2.75, 3.05) is 5.32 Å². The summed E-state index contributed by atoms with van der Waals surface area (Å²) in [4.78, 5) is 25.1. The third-order valence-corrected chi connectivity index (χ3v) is 4.38. The minimum Gasteiger partial charge on any atom is -0.321 e. The molecule has 1 heterocycles. The van der Waals surface area contributed by atoms with Gasteiger partial charge in [-0.05, 0) is 30.7 Å². The van der Waals surface area contributed by atoms with Gasteiger partial charge in [0.25, 0.3) is 11.8 Å². The Morgan fingerprint density at radius 3 is 2.37 bits per heavy atom. The molecule has 1 aromatic heterocycles. The Morgan fingerprint density at radius 2 is 1.81 bits per heavy atom. The quantitative estimate of drug-likeness (QED) is 0.360. The van der Waals surface area contributed by atoms with Crippen LogP contribution in [-0.4, -0.2) is 17.0 Å². The van der Waals surface area contributed by atoms with Crippen LogP contribution >= 0.6 is 11.3 Å². The molecule has 2 rings (SSSR count). The van der Waals surface area contributed by atoms with Gasteiger partial charge in [0.15, 0.2) is 0 Å². The van der Waals surface area contributed by atoms with E-state index in [1.54, 1.807) is 41.9 Å². The van der Waals surface area contributed by atoms with E-state index in [2.05, 4.69) is 11.9 Å². The van der Waals surface area contributed by atoms with Crippen LogP contribution in [0.25, 0.3) is 5.57 Å². The van der Waals surface area contributed by atoms with Crippen molar-refractivity contribution in [3.05, 3.63) is 82.6 Å². The predicted molar refractivity (Wildman–Crippen MR) is 112 cm³/mol. The molecule has 0 bridgehead atoms. The van der Waals surface area contributed by atoms with Crippen molar-refractivity contribution in [2.45, 2.75) is 20.8 Å². The lowest BCUT2D eigenvalue weighted by Crippen LogP contribution is -2.18. The van der Waals surface area contributed by atoms with Crippen LogP contribution in [0.15, 0.2) is 67.3 Å². The van der Waals surface area contributed by atoms with Crippen LogP contribution in [0.1, 0.15) is 45.7 Å². The number of nitrogens with one attached hydrogen (secondary N) is 2. The fourth-order valence-corrected chi connectivity index (χ4v) is 3.16. The molecular formula is C21H24N2O3S. The highest BCUT2D eigenvalue weighted by Crippen LogP contribution is 2.30. The molecular weight excluding hydrogens is 360 g/mol. The monoisotopic (exact) mass is 384 g/mol. The third kappa shape index (κ3) is 6.06. The summed E-state index contributed by atoms with van der Waals surface area (Å²) < 4.78 is 0. The van der Waals surface area contributed by atoms with Crippen molar-refractivity contribution in [1.82, 2.24) is 5.48 Å². The molecule has 5 nitrogen and oxygen atoms in total. The summed E-state index contributed by atoms with van der Waals surface area (Å²) in [5.41, 5.74) is 3.55. The normalized spacial score (nSPS) is 10.7. The Morgan fingerprint density at radius 1 is 1.15 bits per heavy atom. The summed E-state index contributed by atoms with van der Waals surface area (Å²) in [5, 5.41) is 11.8. The van der Waals surface area contributed by atoms with E-state index in [-0.39, 0.29) is 10.8 Å². The first-order chi connectivity index (χ1) is 13.1. The molecule has 0 aliphatic carbocycles. The predicted octanol–water partition coefficient (Wildman–Crippen LogP) is 5.29. The lowest BCUT2D eigenvalue weighted by atomic mass is 10.0. The standard InChI is InChI=1S/C19H18N2O3S.C2H6/c1-3-8-13(9-4-2)15-12-16(25-17(15)19(23)21-24)18(22)20-14-10-6-5-7-11-14;1-2/h3-12,24H,1H2,2H3,(H,20,22)(H,21,23);1-2H3/b9-4-,13-8+;. The van der Waals surface area contributed by atoms with Gasteiger partial charge in [-0.15, -0.1) is 11.3 Å². The fourth-order valence-electron chi connectivity index (χ4n) is 2.19. The summed E-state index contributed by atoms with van der Waals surface area (Å²) in [5.74, 6) is -0.994. The smallest absolute Gasteiger partial charge is 0.285 e. The molecule has 0 spiro atoms. The van der Waals surface area contributed by atoms with Crippen LogP contribution in [0.5, 0.6) is 0 Å². The van der Waals surface area contributed by atoms with Gasteiger partial charge in [0.05, 0.1) is 4.88 Å². The number of hydroxylamine groups is 1. The highest BCUT2D eigenvalue weighted by molar-refractivity contribution is 7.16. The maximum absolute atomic E-state index is 12.5. The highest BCUT2D eigenvalue weighted by atomic mass is 32.1. The van der Waals surface area contributed by atoms with Gasteiger partial charge in [-0.25, -0.2) is 5.48 Å². The number of allylic oxidation sites excluding steroid dienone is 5. The lowest BCUT2D eigenvalue weighted by molar-refractivity contribution is 0.0710. The molecule has 27 heavy (non-hydrogen) atoms. The van der Waals surface area contributed by atoms with Crippen molar-refractivity contribution in [3.8, 4) is 0 Å². The number of carbonyl (C=O) groups is 2. The van der Waals surface area contributed by atoms with Gasteiger partial charge in [-0.1, -0.05) is 62.9 Å². The van der Waals surface area contributed by atoms with E-state index in [4.69, 9.17) is 5.21 Å². The van der Waals surface area contributed by atoms with Crippen LogP contribution < -0.4 is 10.8 Å². The topological polar surface area (TPSA) is 78.4 Å². The van der Waals surface area contributed by atoms with Gasteiger partial charge in [0.1, 0.15) is 4.88 Å². The molecule has 0 aliphatic rings. The number of hydrogen-bond donors (Lipinski definition) is 3. The number of thiophene rings is 1. The highest BCUT2D eigenvalue weighted by Gasteiger charge is 2.21. The molecule has 6 heteroatoms. The van der Waals surface area contributed by atoms with Crippen LogP contribution in [-0.2, 0) is 0 Å². The van der Waals surface area contributed by atoms with Crippen molar-refractivity contribution in [1.29, 1.82) is 0 Å². The number of hydrogen-bond acceptors (Lipinski definition) is 4. The number of rotatable bonds is 6. The number of amides is 2. The van der Waals surface area contributed by atoms with Crippen molar-refractivity contribution >= 4 is 34.4 Å². The second-order valence-electron chi connectivity index (χ2n) is 4.97. The van der Waals surface area contributed by atoms with E-state index < -0.39 is 5.91 Å². The number of benzene rings is 1. The van der Waals surface area contributed by atoms with Gasteiger partial charge >= 0.3 is 0 Å². The fraction of sp³-hybridized carbons (Fsp3) is 0.143. The van der Waals surface area contributed by atoms with Gasteiger partial charge < -0.3 is 5.32 Å². The average Bonchev–Trinajstić information content (AvgIpc) is 3.15. The summed E-state index contributed by atoms with van der Waals surface area (Å²) in [6, 6.07) is 10.7. The van der Waals surface area contributed by atoms with Gasteiger partial charge in [-0.2, -0.15) is 0 Å². The molecule has 0 unspecified atom stereocenters. The molecule has 0 fully saturated rings. The summed E-state index contributed by atoms with van der Waals surface area (Å²) >= 11 is 1.01. The van der Waals surface area contributed by atoms with Crippen molar-refractivity contribution in [3.63, 3.8) is 0 Å². The van der Waals surface area contributed by atoms with E-state index in [0.29, 0.717) is 21.7 Å². The van der Waals surface area contributed by atoms with Gasteiger partial charge in [-0.3, -0.25) is 14.8 Å². The zero-order valence-corrected chi connectivity index (χ0v) is 16.5. The second-order valence-corrected chi connectivity index (χ2v) is 6.02. The molecule has 2 amide bonds. The van der Waals surface area contributed by atoms with Gasteiger partial charge in [0.2, 0.25) is 0 Å². The van der Waals surface area contributed by atoms with Crippen LogP contribution in [0.4, 0.5) is 5.69 Å². The second kappa shape index (κ2) is 11.6. The first kappa shape index (κ1) is 22.1. The molecule has 2 aromatic rings. The molecule has 1 aromatic carbocycles. The number of para-hydroxylation sites is 1. The lowest BCUT2D eigenvalue weighted by Gasteiger charge is -2.02. The van der Waals surface area contributed by atoms with E-state index in [1.165, 1.54) is 0 Å².